The molecule has 0 N–H and O–H groups in total. The van der Waals surface area contributed by atoms with Crippen LogP contribution in [0.25, 0.3) is 0 Å². The van der Waals surface area contributed by atoms with Crippen molar-refractivity contribution in [3.8, 4) is 5.75 Å². The van der Waals surface area contributed by atoms with Crippen molar-refractivity contribution >= 4 is 5.97 Å². The van der Waals surface area contributed by atoms with E-state index < -0.39 is 0 Å². The summed E-state index contributed by atoms with van der Waals surface area (Å²) in [6.45, 7) is 6.34. The van der Waals surface area contributed by atoms with Crippen LogP contribution in [0.5, 0.6) is 5.75 Å². The predicted molar refractivity (Wildman–Crippen MR) is 66.9 cm³/mol. The van der Waals surface area contributed by atoms with Crippen LogP contribution in [0.4, 0.5) is 0 Å². The van der Waals surface area contributed by atoms with Crippen LogP contribution in [0, 0.1) is 11.3 Å². The molecule has 0 aliphatic rings. The number of rotatable bonds is 4. The summed E-state index contributed by atoms with van der Waals surface area (Å²) in [6, 6.07) is 9.47. The van der Waals surface area contributed by atoms with E-state index in [1.165, 1.54) is 7.11 Å². The van der Waals surface area contributed by atoms with Gasteiger partial charge in [0, 0.05) is 0 Å². The van der Waals surface area contributed by atoms with Crippen molar-refractivity contribution in [3.63, 3.8) is 0 Å². The third-order valence-corrected chi connectivity index (χ3v) is 2.69. The van der Waals surface area contributed by atoms with Crippen LogP contribution < -0.4 is 4.74 Å². The number of ether oxygens (including phenoxy) is 2. The van der Waals surface area contributed by atoms with Crippen molar-refractivity contribution in [2.24, 2.45) is 11.3 Å². The number of benzene rings is 1. The lowest BCUT2D eigenvalue weighted by atomic mass is 9.81. The highest BCUT2D eigenvalue weighted by molar-refractivity contribution is 5.73. The molecule has 0 saturated carbocycles. The number of methoxy groups -OCH3 is 1. The van der Waals surface area contributed by atoms with Gasteiger partial charge >= 0.3 is 5.97 Å². The average molecular weight is 236 g/mol. The second-order valence-corrected chi connectivity index (χ2v) is 5.07. The highest BCUT2D eigenvalue weighted by Gasteiger charge is 2.32. The first-order valence-electron chi connectivity index (χ1n) is 5.71. The van der Waals surface area contributed by atoms with E-state index in [4.69, 9.17) is 9.47 Å². The number of hydrogen-bond acceptors (Lipinski definition) is 3. The fraction of sp³-hybridized carbons (Fsp3) is 0.500. The summed E-state index contributed by atoms with van der Waals surface area (Å²) in [6.07, 6.45) is 0. The maximum atomic E-state index is 11.7. The number of esters is 1. The smallest absolute Gasteiger partial charge is 0.312 e. The molecule has 0 saturated heterocycles. The minimum atomic E-state index is -0.271. The molecule has 0 amide bonds. The highest BCUT2D eigenvalue weighted by atomic mass is 16.5. The monoisotopic (exact) mass is 236 g/mol. The molecule has 3 nitrogen and oxygen atoms in total. The molecular weight excluding hydrogens is 216 g/mol. The van der Waals surface area contributed by atoms with Crippen LogP contribution in [0.1, 0.15) is 20.8 Å². The zero-order valence-corrected chi connectivity index (χ0v) is 10.9. The Labute approximate surface area is 103 Å². The molecule has 0 aliphatic heterocycles. The number of carbonyl (C=O) groups excluding carboxylic acids is 1. The first kappa shape index (κ1) is 13.6. The zero-order chi connectivity index (χ0) is 12.9. The first-order chi connectivity index (χ1) is 7.95. The molecule has 17 heavy (non-hydrogen) atoms. The van der Waals surface area contributed by atoms with E-state index in [2.05, 4.69) is 0 Å². The second-order valence-electron chi connectivity index (χ2n) is 5.07. The summed E-state index contributed by atoms with van der Waals surface area (Å²) in [7, 11) is 1.41. The normalized spacial score (nSPS) is 12.9. The molecule has 0 aliphatic carbocycles. The molecule has 0 heterocycles. The van der Waals surface area contributed by atoms with E-state index in [0.717, 1.165) is 5.75 Å². The topological polar surface area (TPSA) is 35.5 Å². The Hall–Kier alpha value is -1.51. The van der Waals surface area contributed by atoms with E-state index in [-0.39, 0.29) is 17.3 Å². The maximum absolute atomic E-state index is 11.7. The predicted octanol–water partition coefficient (Wildman–Crippen LogP) is 2.90. The Morgan fingerprint density at radius 3 is 2.29 bits per heavy atom. The molecule has 1 atom stereocenters. The summed E-state index contributed by atoms with van der Waals surface area (Å²) in [5, 5.41) is 0. The molecule has 1 rings (SSSR count). The SMILES string of the molecule is COC(=O)C(COc1ccccc1)C(C)(C)C. The van der Waals surface area contributed by atoms with Crippen molar-refractivity contribution in [2.75, 3.05) is 13.7 Å². The minimum absolute atomic E-state index is 0.179. The fourth-order valence-corrected chi connectivity index (χ4v) is 1.51. The van der Waals surface area contributed by atoms with E-state index in [9.17, 15) is 4.79 Å². The fourth-order valence-electron chi connectivity index (χ4n) is 1.51. The average Bonchev–Trinajstić information content (AvgIpc) is 2.28. The van der Waals surface area contributed by atoms with Crippen molar-refractivity contribution in [1.29, 1.82) is 0 Å². The highest BCUT2D eigenvalue weighted by Crippen LogP contribution is 2.27. The minimum Gasteiger partial charge on any atom is -0.493 e. The van der Waals surface area contributed by atoms with Gasteiger partial charge in [-0.05, 0) is 17.5 Å². The Morgan fingerprint density at radius 2 is 1.82 bits per heavy atom. The van der Waals surface area contributed by atoms with Crippen LogP contribution in [0.15, 0.2) is 30.3 Å². The van der Waals surface area contributed by atoms with Crippen molar-refractivity contribution in [3.05, 3.63) is 30.3 Å². The molecule has 1 unspecified atom stereocenters. The lowest BCUT2D eigenvalue weighted by Crippen LogP contribution is -2.34. The lowest BCUT2D eigenvalue weighted by Gasteiger charge is -2.28. The zero-order valence-electron chi connectivity index (χ0n) is 10.9. The quantitative estimate of drug-likeness (QED) is 0.754. The standard InChI is InChI=1S/C14H20O3/c1-14(2,3)12(13(15)16-4)10-17-11-8-6-5-7-9-11/h5-9,12H,10H2,1-4H3. The van der Waals surface area contributed by atoms with Gasteiger partial charge in [0.15, 0.2) is 0 Å². The van der Waals surface area contributed by atoms with Gasteiger partial charge in [-0.15, -0.1) is 0 Å². The molecular formula is C14H20O3. The molecule has 0 spiro atoms. The molecule has 0 radical (unpaired) electrons. The van der Waals surface area contributed by atoms with Gasteiger partial charge in [-0.3, -0.25) is 4.79 Å². The van der Waals surface area contributed by atoms with Crippen molar-refractivity contribution in [2.45, 2.75) is 20.8 Å². The van der Waals surface area contributed by atoms with Crippen molar-refractivity contribution in [1.82, 2.24) is 0 Å². The van der Waals surface area contributed by atoms with Gasteiger partial charge in [-0.2, -0.15) is 0 Å². The maximum Gasteiger partial charge on any atom is 0.312 e. The molecule has 0 aromatic heterocycles. The number of carbonyl (C=O) groups is 1. The third-order valence-electron chi connectivity index (χ3n) is 2.69. The van der Waals surface area contributed by atoms with E-state index in [0.29, 0.717) is 6.61 Å². The summed E-state index contributed by atoms with van der Waals surface area (Å²) >= 11 is 0. The molecule has 1 aromatic carbocycles. The molecule has 1 aromatic rings. The number of para-hydroxylation sites is 1. The van der Waals surface area contributed by atoms with Crippen LogP contribution in [-0.4, -0.2) is 19.7 Å². The summed E-state index contributed by atoms with van der Waals surface area (Å²) < 4.78 is 10.4. The largest absolute Gasteiger partial charge is 0.493 e. The van der Waals surface area contributed by atoms with Crippen LogP contribution in [-0.2, 0) is 9.53 Å². The van der Waals surface area contributed by atoms with Crippen LogP contribution in [0.2, 0.25) is 0 Å². The summed E-state index contributed by atoms with van der Waals surface area (Å²) in [5.41, 5.74) is -0.179. The second kappa shape index (κ2) is 5.71. The van der Waals surface area contributed by atoms with Gasteiger partial charge in [0.1, 0.15) is 12.4 Å². The van der Waals surface area contributed by atoms with Gasteiger partial charge in [0.05, 0.1) is 13.0 Å². The van der Waals surface area contributed by atoms with Gasteiger partial charge < -0.3 is 9.47 Å². The van der Waals surface area contributed by atoms with Gasteiger partial charge in [-0.25, -0.2) is 0 Å². The first-order valence-corrected chi connectivity index (χ1v) is 5.71. The van der Waals surface area contributed by atoms with E-state index in [1.54, 1.807) is 0 Å². The Kier molecular flexibility index (Phi) is 4.55. The van der Waals surface area contributed by atoms with E-state index in [1.807, 2.05) is 51.1 Å². The van der Waals surface area contributed by atoms with Gasteiger partial charge in [0.25, 0.3) is 0 Å². The molecule has 0 bridgehead atoms. The Balaban J connectivity index is 2.65. The summed E-state index contributed by atoms with van der Waals surface area (Å²) in [5.74, 6) is 0.270. The van der Waals surface area contributed by atoms with Crippen LogP contribution in [0.3, 0.4) is 0 Å². The molecule has 94 valence electrons. The summed E-state index contributed by atoms with van der Waals surface area (Å²) in [4.78, 5) is 11.7. The molecule has 0 fully saturated rings. The molecule has 3 heteroatoms. The number of hydrogen-bond donors (Lipinski definition) is 0. The van der Waals surface area contributed by atoms with Crippen molar-refractivity contribution < 1.29 is 14.3 Å². The van der Waals surface area contributed by atoms with Gasteiger partial charge in [-0.1, -0.05) is 39.0 Å². The Morgan fingerprint density at radius 1 is 1.24 bits per heavy atom. The lowest BCUT2D eigenvalue weighted by molar-refractivity contribution is -0.150. The van der Waals surface area contributed by atoms with E-state index >= 15 is 0 Å². The third kappa shape index (κ3) is 4.10. The van der Waals surface area contributed by atoms with Gasteiger partial charge in [0.2, 0.25) is 0 Å². The Bertz CT molecular complexity index is 351. The van der Waals surface area contributed by atoms with Crippen LogP contribution >= 0.6 is 0 Å².